The van der Waals surface area contributed by atoms with E-state index in [-0.39, 0.29) is 24.8 Å². The first kappa shape index (κ1) is 22.7. The quantitative estimate of drug-likeness (QED) is 0.693. The molecule has 1 unspecified atom stereocenters. The normalized spacial score (nSPS) is 17.1. The molecule has 12 heteroatoms. The van der Waals surface area contributed by atoms with Crippen molar-refractivity contribution in [3.8, 4) is 6.07 Å². The number of anilines is 1. The molecular formula is C17H19ClF4N6O. The number of carbonyl (C=O) groups is 1. The summed E-state index contributed by atoms with van der Waals surface area (Å²) in [6, 6.07) is 2.09. The zero-order chi connectivity index (χ0) is 21.9. The molecule has 7 nitrogen and oxygen atoms in total. The molecule has 0 saturated carbocycles. The minimum Gasteiger partial charge on any atom is -0.367 e. The number of aromatic nitrogens is 3. The predicted molar refractivity (Wildman–Crippen MR) is 98.0 cm³/mol. The molecule has 1 aliphatic heterocycles. The lowest BCUT2D eigenvalue weighted by molar-refractivity contribution is -0.187. The summed E-state index contributed by atoms with van der Waals surface area (Å²) >= 11 is 6.09. The maximum absolute atomic E-state index is 12.6. The van der Waals surface area contributed by atoms with Crippen molar-refractivity contribution in [1.29, 1.82) is 5.26 Å². The third-order valence-electron chi connectivity index (χ3n) is 4.23. The summed E-state index contributed by atoms with van der Waals surface area (Å²) in [6.45, 7) is 3.51. The second-order valence-corrected chi connectivity index (χ2v) is 7.12. The second-order valence-electron chi connectivity index (χ2n) is 6.74. The van der Waals surface area contributed by atoms with Crippen LogP contribution in [0.2, 0.25) is 5.02 Å². The van der Waals surface area contributed by atoms with Crippen molar-refractivity contribution in [3.05, 3.63) is 22.5 Å². The lowest BCUT2D eigenvalue weighted by Crippen LogP contribution is -2.46. The third kappa shape index (κ3) is 5.06. The molecule has 29 heavy (non-hydrogen) atoms. The molecule has 3 heterocycles. The SMILES string of the molecule is CC(C)c1c(C#N)c(Cl)c2cnc(N)nn12.O=C(N1CCCC(F)C1)C(F)(F)F. The molecule has 2 aromatic heterocycles. The topological polar surface area (TPSA) is 100 Å². The number of nitriles is 1. The fourth-order valence-corrected chi connectivity index (χ4v) is 3.24. The number of piperidine rings is 1. The summed E-state index contributed by atoms with van der Waals surface area (Å²) < 4.78 is 49.8. The van der Waals surface area contributed by atoms with E-state index in [1.54, 1.807) is 4.52 Å². The number of nitrogen functional groups attached to an aromatic ring is 1. The van der Waals surface area contributed by atoms with Crippen LogP contribution in [0.25, 0.3) is 5.52 Å². The van der Waals surface area contributed by atoms with Gasteiger partial charge in [0.2, 0.25) is 5.95 Å². The molecule has 0 radical (unpaired) electrons. The predicted octanol–water partition coefficient (Wildman–Crippen LogP) is 3.47. The minimum absolute atomic E-state index is 0.00123. The first-order chi connectivity index (χ1) is 13.5. The highest BCUT2D eigenvalue weighted by molar-refractivity contribution is 6.35. The summed E-state index contributed by atoms with van der Waals surface area (Å²) in [4.78, 5) is 15.0. The van der Waals surface area contributed by atoms with Gasteiger partial charge in [-0.15, -0.1) is 5.10 Å². The number of likely N-dealkylation sites (tertiary alicyclic amines) is 1. The average Bonchev–Trinajstić information content (AvgIpc) is 2.92. The van der Waals surface area contributed by atoms with Crippen molar-refractivity contribution < 1.29 is 22.4 Å². The molecule has 1 fully saturated rings. The highest BCUT2D eigenvalue weighted by atomic mass is 35.5. The van der Waals surface area contributed by atoms with Gasteiger partial charge in [-0.2, -0.15) is 18.4 Å². The van der Waals surface area contributed by atoms with Gasteiger partial charge in [-0.05, 0) is 18.8 Å². The summed E-state index contributed by atoms with van der Waals surface area (Å²) in [5.74, 6) is -1.65. The molecule has 1 amide bonds. The summed E-state index contributed by atoms with van der Waals surface area (Å²) in [7, 11) is 0. The Morgan fingerprint density at radius 3 is 2.62 bits per heavy atom. The molecule has 0 spiro atoms. The Balaban J connectivity index is 0.000000212. The Morgan fingerprint density at radius 2 is 2.10 bits per heavy atom. The van der Waals surface area contributed by atoms with Gasteiger partial charge in [-0.1, -0.05) is 25.4 Å². The van der Waals surface area contributed by atoms with Crippen LogP contribution in [0.4, 0.5) is 23.5 Å². The number of carbonyl (C=O) groups excluding carboxylic acids is 1. The molecule has 0 aliphatic carbocycles. The molecule has 158 valence electrons. The van der Waals surface area contributed by atoms with Crippen LogP contribution in [-0.4, -0.2) is 50.8 Å². The van der Waals surface area contributed by atoms with Crippen LogP contribution in [-0.2, 0) is 4.79 Å². The highest BCUT2D eigenvalue weighted by Crippen LogP contribution is 2.31. The van der Waals surface area contributed by atoms with Gasteiger partial charge in [0.1, 0.15) is 17.8 Å². The Labute approximate surface area is 169 Å². The number of halogens is 5. The zero-order valence-corrected chi connectivity index (χ0v) is 16.4. The van der Waals surface area contributed by atoms with Gasteiger partial charge in [-0.3, -0.25) is 4.79 Å². The first-order valence-corrected chi connectivity index (χ1v) is 9.08. The first-order valence-electron chi connectivity index (χ1n) is 8.70. The maximum atomic E-state index is 12.6. The number of alkyl halides is 4. The van der Waals surface area contributed by atoms with Gasteiger partial charge in [0.05, 0.1) is 29.0 Å². The van der Waals surface area contributed by atoms with Crippen LogP contribution in [0, 0.1) is 11.3 Å². The number of amides is 1. The van der Waals surface area contributed by atoms with Gasteiger partial charge in [0.25, 0.3) is 0 Å². The van der Waals surface area contributed by atoms with E-state index in [0.717, 1.165) is 5.69 Å². The number of hydrogen-bond acceptors (Lipinski definition) is 5. The van der Waals surface area contributed by atoms with E-state index in [1.807, 2.05) is 13.8 Å². The molecular weight excluding hydrogens is 416 g/mol. The number of rotatable bonds is 1. The van der Waals surface area contributed by atoms with E-state index in [1.165, 1.54) is 6.20 Å². The van der Waals surface area contributed by atoms with E-state index in [9.17, 15) is 22.4 Å². The number of fused-ring (bicyclic) bond motifs is 1. The van der Waals surface area contributed by atoms with E-state index >= 15 is 0 Å². The Hall–Kier alpha value is -2.61. The van der Waals surface area contributed by atoms with E-state index in [0.29, 0.717) is 27.4 Å². The minimum atomic E-state index is -4.88. The van der Waals surface area contributed by atoms with Crippen LogP contribution in [0.5, 0.6) is 0 Å². The van der Waals surface area contributed by atoms with Gasteiger partial charge < -0.3 is 10.6 Å². The molecule has 1 atom stereocenters. The zero-order valence-electron chi connectivity index (χ0n) is 15.7. The molecule has 2 aromatic rings. The van der Waals surface area contributed by atoms with Gasteiger partial charge >= 0.3 is 12.1 Å². The fourth-order valence-electron chi connectivity index (χ4n) is 2.97. The number of nitrogens with two attached hydrogens (primary N) is 1. The Morgan fingerprint density at radius 1 is 1.45 bits per heavy atom. The second kappa shape index (κ2) is 8.82. The van der Waals surface area contributed by atoms with Crippen molar-refractivity contribution >= 4 is 29.0 Å². The van der Waals surface area contributed by atoms with Crippen molar-refractivity contribution in [1.82, 2.24) is 19.5 Å². The average molecular weight is 435 g/mol. The van der Waals surface area contributed by atoms with Gasteiger partial charge in [0.15, 0.2) is 0 Å². The van der Waals surface area contributed by atoms with Crippen molar-refractivity contribution in [3.63, 3.8) is 0 Å². The van der Waals surface area contributed by atoms with Crippen LogP contribution in [0.3, 0.4) is 0 Å². The molecule has 0 bridgehead atoms. The Kier molecular flexibility index (Phi) is 6.89. The van der Waals surface area contributed by atoms with Crippen LogP contribution in [0.15, 0.2) is 6.20 Å². The Bertz CT molecular complexity index is 937. The summed E-state index contributed by atoms with van der Waals surface area (Å²) in [5, 5.41) is 13.5. The molecule has 0 aromatic carbocycles. The number of nitrogens with zero attached hydrogens (tertiary/aromatic N) is 5. The van der Waals surface area contributed by atoms with Crippen LogP contribution < -0.4 is 5.73 Å². The lowest BCUT2D eigenvalue weighted by atomic mass is 10.1. The molecule has 2 N–H and O–H groups in total. The van der Waals surface area contributed by atoms with E-state index in [2.05, 4.69) is 16.2 Å². The molecule has 1 saturated heterocycles. The molecule has 3 rings (SSSR count). The summed E-state index contributed by atoms with van der Waals surface area (Å²) in [6.07, 6.45) is -4.14. The summed E-state index contributed by atoms with van der Waals surface area (Å²) in [5.41, 5.74) is 7.33. The van der Waals surface area contributed by atoms with Crippen LogP contribution >= 0.6 is 11.6 Å². The van der Waals surface area contributed by atoms with E-state index < -0.39 is 24.8 Å². The fraction of sp³-hybridized carbons (Fsp3) is 0.529. The smallest absolute Gasteiger partial charge is 0.367 e. The lowest BCUT2D eigenvalue weighted by Gasteiger charge is -2.29. The van der Waals surface area contributed by atoms with Gasteiger partial charge in [0, 0.05) is 6.54 Å². The maximum Gasteiger partial charge on any atom is 0.471 e. The highest BCUT2D eigenvalue weighted by Gasteiger charge is 2.43. The van der Waals surface area contributed by atoms with E-state index in [4.69, 9.17) is 22.6 Å². The standard InChI is InChI=1S/C10H10ClN5.C7H9F4NO/c1-5(2)9-6(3-12)8(11)7-4-14-10(13)15-16(7)9;8-5-2-1-3-12(4-5)6(13)7(9,10)11/h4-5H,1-2H3,(H2,13,15);5H,1-4H2. The van der Waals surface area contributed by atoms with Crippen molar-refractivity contribution in [2.24, 2.45) is 0 Å². The number of hydrogen-bond donors (Lipinski definition) is 1. The van der Waals surface area contributed by atoms with Crippen molar-refractivity contribution in [2.45, 2.75) is 45.0 Å². The third-order valence-corrected chi connectivity index (χ3v) is 4.61. The van der Waals surface area contributed by atoms with Gasteiger partial charge in [-0.25, -0.2) is 13.9 Å². The molecule has 1 aliphatic rings. The monoisotopic (exact) mass is 434 g/mol. The van der Waals surface area contributed by atoms with Crippen molar-refractivity contribution in [2.75, 3.05) is 18.8 Å². The largest absolute Gasteiger partial charge is 0.471 e. The van der Waals surface area contributed by atoms with Crippen LogP contribution in [0.1, 0.15) is 43.9 Å².